The van der Waals surface area contributed by atoms with Crippen LogP contribution >= 0.6 is 11.6 Å². The molecule has 2 atom stereocenters. The second-order valence-electron chi connectivity index (χ2n) is 18.3. The van der Waals surface area contributed by atoms with E-state index >= 15 is 0 Å². The normalized spacial score (nSPS) is 20.4. The van der Waals surface area contributed by atoms with Crippen molar-refractivity contribution in [3.05, 3.63) is 108 Å². The van der Waals surface area contributed by atoms with Crippen molar-refractivity contribution >= 4 is 45.8 Å². The molecular formula is C52H69ClN8O4. The second kappa shape index (κ2) is 22.8. The van der Waals surface area contributed by atoms with Gasteiger partial charge in [-0.3, -0.25) is 9.80 Å². The summed E-state index contributed by atoms with van der Waals surface area (Å²) in [6.07, 6.45) is 4.80. The van der Waals surface area contributed by atoms with Crippen molar-refractivity contribution in [2.24, 2.45) is 10.3 Å². The number of piperazine rings is 2. The molecule has 0 aliphatic carbocycles. The van der Waals surface area contributed by atoms with E-state index in [0.717, 1.165) is 122 Å². The highest BCUT2D eigenvalue weighted by Gasteiger charge is 2.30. The molecule has 0 spiro atoms. The number of ether oxygens (including phenoxy) is 2. The Kier molecular flexibility index (Phi) is 16.3. The molecule has 0 amide bonds. The molecule has 65 heavy (non-hydrogen) atoms. The number of oxime groups is 2. The quantitative estimate of drug-likeness (QED) is 0.132. The minimum Gasteiger partial charge on any atom is -0.489 e. The number of fused-ring (bicyclic) bond motifs is 2. The molecule has 0 bridgehead atoms. The molecule has 13 heteroatoms. The average Bonchev–Trinajstić information content (AvgIpc) is 4.16. The van der Waals surface area contributed by atoms with Crippen molar-refractivity contribution in [2.45, 2.75) is 77.8 Å². The van der Waals surface area contributed by atoms with Crippen LogP contribution in [0.1, 0.15) is 51.7 Å². The molecule has 4 aromatic carbocycles. The zero-order chi connectivity index (χ0) is 45.0. The maximum atomic E-state index is 6.03. The third-order valence-corrected chi connectivity index (χ3v) is 12.9. The molecule has 6 aliphatic rings. The van der Waals surface area contributed by atoms with Gasteiger partial charge in [0.25, 0.3) is 0 Å². The Bertz CT molecular complexity index is 2160. The summed E-state index contributed by atoms with van der Waals surface area (Å²) in [7, 11) is 0. The van der Waals surface area contributed by atoms with Crippen LogP contribution in [0.3, 0.4) is 0 Å². The number of alkyl halides is 1. The van der Waals surface area contributed by atoms with Crippen molar-refractivity contribution in [2.75, 3.05) is 111 Å². The van der Waals surface area contributed by atoms with Gasteiger partial charge in [0.15, 0.2) is 0 Å². The minimum absolute atomic E-state index is 0.155. The predicted molar refractivity (Wildman–Crippen MR) is 267 cm³/mol. The number of hydrogen-bond donors (Lipinski definition) is 1. The summed E-state index contributed by atoms with van der Waals surface area (Å²) in [4.78, 5) is 23.5. The average molecular weight is 906 g/mol. The summed E-state index contributed by atoms with van der Waals surface area (Å²) in [5.41, 5.74) is 10.1. The number of hydrogen-bond acceptors (Lipinski definition) is 12. The van der Waals surface area contributed by atoms with Crippen LogP contribution in [0.25, 0.3) is 0 Å². The molecule has 2 unspecified atom stereocenters. The Labute approximate surface area is 392 Å². The monoisotopic (exact) mass is 905 g/mol. The lowest BCUT2D eigenvalue weighted by Crippen LogP contribution is -2.48. The van der Waals surface area contributed by atoms with Crippen LogP contribution < -0.4 is 29.5 Å². The van der Waals surface area contributed by atoms with Gasteiger partial charge in [-0.25, -0.2) is 0 Å². The maximum Gasteiger partial charge on any atom is 0.145 e. The Morgan fingerprint density at radius 3 is 1.62 bits per heavy atom. The molecule has 4 aromatic rings. The Hall–Kier alpha value is -5.17. The molecule has 2 fully saturated rings. The zero-order valence-corrected chi connectivity index (χ0v) is 39.7. The van der Waals surface area contributed by atoms with Crippen molar-refractivity contribution < 1.29 is 19.1 Å². The van der Waals surface area contributed by atoms with E-state index in [0.29, 0.717) is 5.88 Å². The van der Waals surface area contributed by atoms with E-state index in [1.165, 1.54) is 46.0 Å². The number of nitrogens with zero attached hydrogens (tertiary/aromatic N) is 7. The van der Waals surface area contributed by atoms with Gasteiger partial charge >= 0.3 is 0 Å². The summed E-state index contributed by atoms with van der Waals surface area (Å²) in [6, 6.07) is 33.9. The van der Waals surface area contributed by atoms with E-state index in [-0.39, 0.29) is 24.4 Å². The van der Waals surface area contributed by atoms with Crippen molar-refractivity contribution in [1.82, 2.24) is 9.80 Å². The van der Waals surface area contributed by atoms with Crippen LogP contribution in [0.5, 0.6) is 11.5 Å². The van der Waals surface area contributed by atoms with Crippen molar-refractivity contribution in [3.63, 3.8) is 0 Å². The molecule has 0 saturated carbocycles. The first-order chi connectivity index (χ1) is 31.8. The Morgan fingerprint density at radius 1 is 0.585 bits per heavy atom. The molecule has 6 aliphatic heterocycles. The van der Waals surface area contributed by atoms with Crippen LogP contribution in [0, 0.1) is 0 Å². The number of nitrogens with one attached hydrogen (secondary N) is 1. The highest BCUT2D eigenvalue weighted by molar-refractivity contribution is 6.28. The van der Waals surface area contributed by atoms with Gasteiger partial charge < -0.3 is 39.2 Å². The lowest BCUT2D eigenvalue weighted by molar-refractivity contribution is 0.0509. The van der Waals surface area contributed by atoms with Gasteiger partial charge in [0.05, 0.1) is 47.4 Å². The summed E-state index contributed by atoms with van der Waals surface area (Å²) >= 11 is 5.81. The molecule has 12 nitrogen and oxygen atoms in total. The lowest BCUT2D eigenvalue weighted by atomic mass is 10.1. The van der Waals surface area contributed by atoms with E-state index in [1.807, 2.05) is 12.1 Å². The maximum absolute atomic E-state index is 6.03. The third kappa shape index (κ3) is 12.8. The van der Waals surface area contributed by atoms with Gasteiger partial charge in [-0.1, -0.05) is 71.0 Å². The highest BCUT2D eigenvalue weighted by atomic mass is 35.5. The fourth-order valence-corrected chi connectivity index (χ4v) is 9.60. The first-order valence-corrected chi connectivity index (χ1v) is 24.4. The topological polar surface area (TPSA) is 89.9 Å². The molecule has 0 radical (unpaired) electrons. The fraction of sp³-hybridized carbons (Fsp3) is 0.500. The van der Waals surface area contributed by atoms with E-state index in [9.17, 15) is 0 Å². The minimum atomic E-state index is 0.155. The number of anilines is 4. The van der Waals surface area contributed by atoms with E-state index < -0.39 is 0 Å². The van der Waals surface area contributed by atoms with Crippen LogP contribution in [-0.4, -0.2) is 137 Å². The molecule has 6 heterocycles. The smallest absolute Gasteiger partial charge is 0.145 e. The predicted octanol–water partition coefficient (Wildman–Crippen LogP) is 8.44. The lowest BCUT2D eigenvalue weighted by Gasteiger charge is -2.37. The molecule has 2 saturated heterocycles. The fourth-order valence-electron chi connectivity index (χ4n) is 9.44. The molecular weight excluding hydrogens is 836 g/mol. The van der Waals surface area contributed by atoms with Crippen LogP contribution in [0.4, 0.5) is 22.7 Å². The van der Waals surface area contributed by atoms with E-state index in [2.05, 4.69) is 153 Å². The van der Waals surface area contributed by atoms with Gasteiger partial charge in [0.2, 0.25) is 0 Å². The van der Waals surface area contributed by atoms with Crippen LogP contribution in [0.15, 0.2) is 107 Å². The molecule has 0 aromatic heterocycles. The first-order valence-electron chi connectivity index (χ1n) is 23.9. The SMILES string of the molecule is CC(C)Oc1ccccc1N1CCN(CC2CC(CCl)=NO2)CC1.CC(C)Oc1ccccc1N1CCN(CC2CC(CN3CCc4ccccc43)=NO2)CC1.c1ccc2c(c1)CCN2. The summed E-state index contributed by atoms with van der Waals surface area (Å²) < 4.78 is 12.0. The Balaban J connectivity index is 0.000000152. The zero-order valence-electron chi connectivity index (χ0n) is 38.9. The van der Waals surface area contributed by atoms with Gasteiger partial charge in [0, 0.05) is 103 Å². The highest BCUT2D eigenvalue weighted by Crippen LogP contribution is 2.32. The largest absolute Gasteiger partial charge is 0.489 e. The summed E-state index contributed by atoms with van der Waals surface area (Å²) in [5.74, 6) is 2.42. The molecule has 10 rings (SSSR count). The number of benzene rings is 4. The standard InChI is InChI=1S/C26H34N4O2.C18H26ClN3O2.C8H9N/c1-20(2)31-26-10-6-5-9-25(26)29-15-13-28(14-16-29)19-23-17-22(27-32-23)18-30-12-11-21-7-3-4-8-24(21)30;1-14(2)23-18-6-4-3-5-17(18)22-9-7-21(8-10-22)13-16-11-15(12-19)20-24-16;1-2-4-8-7(3-1)5-6-9-8/h3-10,20,23H,11-19H2,1-2H3;3-6,14,16H,7-13H2,1-2H3;1-4,9H,5-6H2. The van der Waals surface area contributed by atoms with E-state index in [4.69, 9.17) is 30.7 Å². The van der Waals surface area contributed by atoms with Crippen LogP contribution in [-0.2, 0) is 22.5 Å². The molecule has 348 valence electrons. The van der Waals surface area contributed by atoms with Gasteiger partial charge in [0.1, 0.15) is 23.7 Å². The number of para-hydroxylation sites is 6. The first kappa shape index (κ1) is 46.4. The van der Waals surface area contributed by atoms with Gasteiger partial charge in [-0.2, -0.15) is 0 Å². The number of halogens is 1. The van der Waals surface area contributed by atoms with Crippen LogP contribution in [0.2, 0.25) is 0 Å². The molecule has 1 N–H and O–H groups in total. The Morgan fingerprint density at radius 2 is 1.08 bits per heavy atom. The summed E-state index contributed by atoms with van der Waals surface area (Å²) in [5, 5.41) is 11.8. The van der Waals surface area contributed by atoms with Crippen molar-refractivity contribution in [3.8, 4) is 11.5 Å². The van der Waals surface area contributed by atoms with E-state index in [1.54, 1.807) is 0 Å². The van der Waals surface area contributed by atoms with Gasteiger partial charge in [-0.05, 0) is 88.1 Å². The second-order valence-corrected chi connectivity index (χ2v) is 18.6. The van der Waals surface area contributed by atoms with Gasteiger partial charge in [-0.15, -0.1) is 11.6 Å². The third-order valence-electron chi connectivity index (χ3n) is 12.6. The van der Waals surface area contributed by atoms with Crippen molar-refractivity contribution in [1.29, 1.82) is 0 Å². The summed E-state index contributed by atoms with van der Waals surface area (Å²) in [6.45, 7) is 21.3. The number of rotatable bonds is 13.